The van der Waals surface area contributed by atoms with E-state index in [0.29, 0.717) is 16.7 Å². The molecular formula is C30H30Cl3N3O10. The Hall–Kier alpha value is -3.54. The molecule has 0 radical (unpaired) electrons. The number of aliphatic hydroxyl groups is 1. The molecule has 246 valence electrons. The highest BCUT2D eigenvalue weighted by molar-refractivity contribution is 6.67. The minimum absolute atomic E-state index is 0.0376. The van der Waals surface area contributed by atoms with E-state index in [1.165, 1.54) is 18.9 Å². The van der Waals surface area contributed by atoms with Gasteiger partial charge in [0, 0.05) is 29.2 Å². The van der Waals surface area contributed by atoms with Crippen molar-refractivity contribution in [3.8, 4) is 34.8 Å². The third kappa shape index (κ3) is 4.89. The van der Waals surface area contributed by atoms with Crippen molar-refractivity contribution in [3.63, 3.8) is 0 Å². The maximum Gasteiger partial charge on any atom is 0.410 e. The molecule has 0 spiro atoms. The topological polar surface area (TPSA) is 171 Å². The van der Waals surface area contributed by atoms with E-state index in [9.17, 15) is 30.2 Å². The number of carbonyl (C=O) groups is 2. The molecule has 2 aromatic rings. The lowest BCUT2D eigenvalue weighted by Crippen LogP contribution is -2.71. The van der Waals surface area contributed by atoms with E-state index in [2.05, 4.69) is 6.07 Å². The van der Waals surface area contributed by atoms with Gasteiger partial charge in [-0.15, -0.1) is 0 Å². The fraction of sp³-hybridized carbons (Fsp3) is 0.500. The van der Waals surface area contributed by atoms with Crippen molar-refractivity contribution < 1.29 is 48.6 Å². The number of rotatable bonds is 4. The molecule has 1 saturated heterocycles. The summed E-state index contributed by atoms with van der Waals surface area (Å²) >= 11 is 17.7. The van der Waals surface area contributed by atoms with E-state index in [-0.39, 0.29) is 65.3 Å². The molecule has 1 amide bonds. The number of carbonyl (C=O) groups excluding carboxylic acids is 2. The van der Waals surface area contributed by atoms with Gasteiger partial charge in [-0.05, 0) is 31.4 Å². The van der Waals surface area contributed by atoms with Crippen LogP contribution in [0.1, 0.15) is 58.5 Å². The van der Waals surface area contributed by atoms with Crippen molar-refractivity contribution in [2.75, 3.05) is 27.1 Å². The van der Waals surface area contributed by atoms with Crippen molar-refractivity contribution in [3.05, 3.63) is 39.4 Å². The predicted molar refractivity (Wildman–Crippen MR) is 161 cm³/mol. The Kier molecular flexibility index (Phi) is 8.18. The minimum Gasteiger partial charge on any atom is -0.507 e. The summed E-state index contributed by atoms with van der Waals surface area (Å²) in [5.41, 5.74) is 2.06. The molecule has 6 atom stereocenters. The number of phenolic OH excluding ortho intramolecular Hbond substituents is 2. The third-order valence-electron chi connectivity index (χ3n) is 9.06. The lowest BCUT2D eigenvalue weighted by molar-refractivity contribution is -0.151. The van der Waals surface area contributed by atoms with E-state index < -0.39 is 58.8 Å². The number of nitrogens with zero attached hydrogens (tertiary/aromatic N) is 3. The number of esters is 1. The average molecular weight is 699 g/mol. The normalized spacial score (nSPS) is 25.9. The van der Waals surface area contributed by atoms with Gasteiger partial charge in [-0.1, -0.05) is 40.9 Å². The van der Waals surface area contributed by atoms with Crippen LogP contribution in [-0.2, 0) is 20.7 Å². The number of ether oxygens (including phenoxy) is 5. The van der Waals surface area contributed by atoms with Crippen LogP contribution in [0.3, 0.4) is 0 Å². The zero-order valence-electron chi connectivity index (χ0n) is 25.0. The molecule has 2 aromatic carbocycles. The Morgan fingerprint density at radius 3 is 2.43 bits per heavy atom. The van der Waals surface area contributed by atoms with Crippen LogP contribution >= 0.6 is 34.8 Å². The molecule has 13 nitrogen and oxygen atoms in total. The van der Waals surface area contributed by atoms with Gasteiger partial charge in [-0.3, -0.25) is 14.6 Å². The molecule has 1 fully saturated rings. The fourth-order valence-corrected chi connectivity index (χ4v) is 7.59. The molecule has 46 heavy (non-hydrogen) atoms. The van der Waals surface area contributed by atoms with Gasteiger partial charge in [0.05, 0.1) is 37.3 Å². The van der Waals surface area contributed by atoms with Gasteiger partial charge in [0.25, 0.3) is 0 Å². The molecule has 16 heteroatoms. The molecule has 0 aliphatic carbocycles. The van der Waals surface area contributed by atoms with Gasteiger partial charge in [0.2, 0.25) is 10.6 Å². The minimum atomic E-state index is -1.95. The number of piperazine rings is 1. The number of hydrogen-bond donors (Lipinski definition) is 3. The lowest BCUT2D eigenvalue weighted by Gasteiger charge is -2.60. The van der Waals surface area contributed by atoms with Crippen LogP contribution in [0.5, 0.6) is 28.7 Å². The molecule has 6 rings (SSSR count). The van der Waals surface area contributed by atoms with Crippen LogP contribution in [0.15, 0.2) is 6.07 Å². The van der Waals surface area contributed by atoms with Crippen LogP contribution in [-0.4, -0.2) is 86.2 Å². The zero-order valence-corrected chi connectivity index (χ0v) is 27.3. The summed E-state index contributed by atoms with van der Waals surface area (Å²) in [5.74, 6) is -0.573. The quantitative estimate of drug-likeness (QED) is 0.308. The van der Waals surface area contributed by atoms with Crippen molar-refractivity contribution >= 4 is 46.9 Å². The number of aliphatic hydroxyl groups excluding tert-OH is 1. The van der Waals surface area contributed by atoms with Crippen molar-refractivity contribution in [1.29, 1.82) is 5.26 Å². The molecule has 4 aliphatic rings. The number of fused-ring (bicyclic) bond motifs is 9. The lowest BCUT2D eigenvalue weighted by atomic mass is 9.70. The number of phenols is 2. The molecule has 2 bridgehead atoms. The molecule has 0 aromatic heterocycles. The largest absolute Gasteiger partial charge is 0.507 e. The zero-order chi connectivity index (χ0) is 33.4. The van der Waals surface area contributed by atoms with Crippen molar-refractivity contribution in [2.45, 2.75) is 67.3 Å². The van der Waals surface area contributed by atoms with E-state index in [1.54, 1.807) is 24.8 Å². The molecule has 3 N–H and O–H groups in total. The number of halogens is 3. The Morgan fingerprint density at radius 2 is 1.80 bits per heavy atom. The Morgan fingerprint density at radius 1 is 1.11 bits per heavy atom. The first-order chi connectivity index (χ1) is 21.7. The number of alkyl halides is 3. The number of aryl methyl sites for hydroxylation is 1. The number of amides is 1. The highest BCUT2D eigenvalue weighted by Gasteiger charge is 2.62. The predicted octanol–water partition coefficient (Wildman–Crippen LogP) is 4.15. The van der Waals surface area contributed by atoms with Gasteiger partial charge >= 0.3 is 12.1 Å². The fourth-order valence-electron chi connectivity index (χ4n) is 7.43. The van der Waals surface area contributed by atoms with E-state index in [1.807, 2.05) is 0 Å². The number of nitriles is 1. The summed E-state index contributed by atoms with van der Waals surface area (Å²) in [4.78, 5) is 28.9. The SMILES string of the molecule is COc1c(C)cc2c(c1O)[C@@H]1[C@@H]3C(O)c4c(O)c(C)c5c(c4[C@H](COC(C)=O)N3[C@@H](C#N)C(C2)N1C(=O)OCC(Cl)(Cl)Cl)OCO5. The highest BCUT2D eigenvalue weighted by Crippen LogP contribution is 2.61. The second-order valence-corrected chi connectivity index (χ2v) is 14.1. The summed E-state index contributed by atoms with van der Waals surface area (Å²) in [7, 11) is 1.39. The first-order valence-electron chi connectivity index (χ1n) is 14.3. The van der Waals surface area contributed by atoms with Crippen molar-refractivity contribution in [2.24, 2.45) is 0 Å². The van der Waals surface area contributed by atoms with Gasteiger partial charge in [0.1, 0.15) is 31.1 Å². The monoisotopic (exact) mass is 697 g/mol. The van der Waals surface area contributed by atoms with Crippen molar-refractivity contribution in [1.82, 2.24) is 9.80 Å². The maximum absolute atomic E-state index is 13.9. The van der Waals surface area contributed by atoms with Crippen LogP contribution in [0, 0.1) is 25.2 Å². The second-order valence-electron chi connectivity index (χ2n) is 11.6. The number of benzene rings is 2. The van der Waals surface area contributed by atoms with Gasteiger partial charge in [-0.25, -0.2) is 4.79 Å². The van der Waals surface area contributed by atoms with Gasteiger partial charge in [0.15, 0.2) is 23.0 Å². The summed E-state index contributed by atoms with van der Waals surface area (Å²) in [6.45, 7) is 3.46. The summed E-state index contributed by atoms with van der Waals surface area (Å²) in [6, 6.07) is -1.40. The third-order valence-corrected chi connectivity index (χ3v) is 9.39. The molecule has 4 heterocycles. The first kappa shape index (κ1) is 32.4. The number of hydrogen-bond acceptors (Lipinski definition) is 12. The summed E-state index contributed by atoms with van der Waals surface area (Å²) in [6.07, 6.45) is -2.49. The van der Waals surface area contributed by atoms with Gasteiger partial charge in [-0.2, -0.15) is 5.26 Å². The van der Waals surface area contributed by atoms with Crippen LogP contribution < -0.4 is 14.2 Å². The average Bonchev–Trinajstić information content (AvgIpc) is 3.47. The summed E-state index contributed by atoms with van der Waals surface area (Å²) in [5, 5.41) is 46.2. The summed E-state index contributed by atoms with van der Waals surface area (Å²) < 4.78 is 25.9. The Balaban J connectivity index is 1.64. The first-order valence-corrected chi connectivity index (χ1v) is 15.4. The number of aromatic hydroxyl groups is 2. The van der Waals surface area contributed by atoms with E-state index >= 15 is 0 Å². The molecule has 4 aliphatic heterocycles. The Labute approximate surface area is 278 Å². The molecule has 2 unspecified atom stereocenters. The second kappa shape index (κ2) is 11.6. The smallest absolute Gasteiger partial charge is 0.410 e. The van der Waals surface area contributed by atoms with Crippen LogP contribution in [0.25, 0.3) is 0 Å². The van der Waals surface area contributed by atoms with Gasteiger partial charge < -0.3 is 39.0 Å². The molecule has 0 saturated carbocycles. The highest BCUT2D eigenvalue weighted by atomic mass is 35.6. The van der Waals surface area contributed by atoms with Crippen LogP contribution in [0.4, 0.5) is 4.79 Å². The molecular weight excluding hydrogens is 669 g/mol. The van der Waals surface area contributed by atoms with Crippen LogP contribution in [0.2, 0.25) is 0 Å². The maximum atomic E-state index is 13.9. The standard InChI is InChI=1S/C30H30Cl3N3O10/c1-11-5-14-6-15-16(7-34)35-17(8-43-13(3)37)19-20(23(38)12(2)27-28(19)46-10-45-27)24(39)22(35)21(18(14)25(40)26(11)42-4)36(15)29(41)44-9-30(31,32)33/h5,15-17,21-22,24,38-40H,6,8-10H2,1-4H3/t15?,16-,17-,21+,22+,24?/m0/s1. The Bertz CT molecular complexity index is 1680. The number of methoxy groups -OCH3 is 1. The van der Waals surface area contributed by atoms with E-state index in [0.717, 1.165) is 0 Å². The van der Waals surface area contributed by atoms with E-state index in [4.69, 9.17) is 58.5 Å².